The lowest BCUT2D eigenvalue weighted by atomic mass is 10.1. The maximum atomic E-state index is 12.6. The van der Waals surface area contributed by atoms with Crippen LogP contribution in [-0.4, -0.2) is 59.3 Å². The topological polar surface area (TPSA) is 65.5 Å². The van der Waals surface area contributed by atoms with Gasteiger partial charge in [0.2, 0.25) is 0 Å². The van der Waals surface area contributed by atoms with Crippen LogP contribution in [0.3, 0.4) is 0 Å². The summed E-state index contributed by atoms with van der Waals surface area (Å²) >= 11 is 1.67. The van der Waals surface area contributed by atoms with Crippen molar-refractivity contribution in [2.45, 2.75) is 19.9 Å². The van der Waals surface area contributed by atoms with E-state index in [2.05, 4.69) is 15.2 Å². The van der Waals surface area contributed by atoms with Crippen molar-refractivity contribution in [2.75, 3.05) is 32.7 Å². The molecule has 0 spiro atoms. The van der Waals surface area contributed by atoms with Crippen molar-refractivity contribution in [1.29, 1.82) is 0 Å². The van der Waals surface area contributed by atoms with Gasteiger partial charge < -0.3 is 5.32 Å². The maximum absolute atomic E-state index is 12.6. The fourth-order valence-electron chi connectivity index (χ4n) is 3.84. The van der Waals surface area contributed by atoms with Gasteiger partial charge in [-0.05, 0) is 44.5 Å². The third-order valence-electron chi connectivity index (χ3n) is 5.41. The fraction of sp³-hybridized carbons (Fsp3) is 0.450. The van der Waals surface area contributed by atoms with Gasteiger partial charge in [0.25, 0.3) is 11.8 Å². The number of carbonyl (C=O) groups excluding carboxylic acids is 2. The quantitative estimate of drug-likeness (QED) is 0.741. The van der Waals surface area contributed by atoms with Crippen molar-refractivity contribution in [3.63, 3.8) is 0 Å². The Morgan fingerprint density at radius 2 is 2.00 bits per heavy atom. The number of nitrogens with one attached hydrogen (secondary N) is 1. The average Bonchev–Trinajstić information content (AvgIpc) is 3.38. The molecule has 7 heteroatoms. The Balaban J connectivity index is 1.44. The molecule has 0 radical (unpaired) electrons. The summed E-state index contributed by atoms with van der Waals surface area (Å²) in [6, 6.07) is 7.08. The van der Waals surface area contributed by atoms with Crippen LogP contribution in [0.25, 0.3) is 0 Å². The second kappa shape index (κ2) is 7.88. The zero-order valence-electron chi connectivity index (χ0n) is 15.5. The number of rotatable bonds is 7. The third-order valence-corrected chi connectivity index (χ3v) is 6.33. The minimum Gasteiger partial charge on any atom is -0.316 e. The standard InChI is InChI=1S/C20H24N4O2S/c1-14-18(27-13-22-14)12-23(11-15-6-7-21-10-15)8-9-24-19(25)16-4-2-3-5-17(16)20(24)26/h2-5,13,15,21H,6-12H2,1H3. The Labute approximate surface area is 163 Å². The first kappa shape index (κ1) is 18.3. The molecule has 1 unspecified atom stereocenters. The Bertz CT molecular complexity index is 809. The first-order valence-corrected chi connectivity index (χ1v) is 10.3. The van der Waals surface area contributed by atoms with Crippen molar-refractivity contribution in [2.24, 2.45) is 5.92 Å². The summed E-state index contributed by atoms with van der Waals surface area (Å²) in [4.78, 5) is 34.6. The lowest BCUT2D eigenvalue weighted by Gasteiger charge is -2.26. The molecule has 1 saturated heterocycles. The summed E-state index contributed by atoms with van der Waals surface area (Å²) < 4.78 is 0. The lowest BCUT2D eigenvalue weighted by molar-refractivity contribution is 0.0631. The van der Waals surface area contributed by atoms with Crippen LogP contribution in [0.5, 0.6) is 0 Å². The van der Waals surface area contributed by atoms with Gasteiger partial charge >= 0.3 is 0 Å². The minimum absolute atomic E-state index is 0.174. The van der Waals surface area contributed by atoms with E-state index < -0.39 is 0 Å². The molecule has 4 rings (SSSR count). The van der Waals surface area contributed by atoms with Crippen LogP contribution >= 0.6 is 11.3 Å². The zero-order valence-corrected chi connectivity index (χ0v) is 16.3. The number of aryl methyl sites for hydroxylation is 1. The molecular weight excluding hydrogens is 360 g/mol. The molecule has 3 heterocycles. The predicted octanol–water partition coefficient (Wildman–Crippen LogP) is 2.16. The van der Waals surface area contributed by atoms with E-state index in [0.29, 0.717) is 30.1 Å². The number of thiazole rings is 1. The molecule has 0 aliphatic carbocycles. The Hall–Kier alpha value is -2.09. The minimum atomic E-state index is -0.174. The first-order chi connectivity index (χ1) is 13.1. The number of benzene rings is 1. The SMILES string of the molecule is Cc1ncsc1CN(CCN1C(=O)c2ccccc2C1=O)CC1CCNC1. The molecule has 1 aromatic heterocycles. The highest BCUT2D eigenvalue weighted by Gasteiger charge is 2.35. The molecule has 2 aromatic rings. The van der Waals surface area contributed by atoms with Crippen molar-refractivity contribution < 1.29 is 9.59 Å². The monoisotopic (exact) mass is 384 g/mol. The molecule has 27 heavy (non-hydrogen) atoms. The summed E-state index contributed by atoms with van der Waals surface area (Å²) in [7, 11) is 0. The predicted molar refractivity (Wildman–Crippen MR) is 105 cm³/mol. The van der Waals surface area contributed by atoms with Gasteiger partial charge in [-0.25, -0.2) is 4.98 Å². The average molecular weight is 385 g/mol. The maximum Gasteiger partial charge on any atom is 0.261 e. The fourth-order valence-corrected chi connectivity index (χ4v) is 4.65. The summed E-state index contributed by atoms with van der Waals surface area (Å²) in [6.45, 7) is 7.01. The molecular formula is C20H24N4O2S. The normalized spacial score (nSPS) is 19.3. The zero-order chi connectivity index (χ0) is 18.8. The van der Waals surface area contributed by atoms with Crippen LogP contribution < -0.4 is 5.32 Å². The van der Waals surface area contributed by atoms with Crippen LogP contribution in [0.4, 0.5) is 0 Å². The van der Waals surface area contributed by atoms with Crippen molar-refractivity contribution in [3.8, 4) is 0 Å². The number of fused-ring (bicyclic) bond motifs is 1. The van der Waals surface area contributed by atoms with E-state index in [4.69, 9.17) is 0 Å². The molecule has 0 saturated carbocycles. The highest BCUT2D eigenvalue weighted by Crippen LogP contribution is 2.23. The largest absolute Gasteiger partial charge is 0.316 e. The third kappa shape index (κ3) is 3.81. The van der Waals surface area contributed by atoms with Crippen LogP contribution in [-0.2, 0) is 6.54 Å². The van der Waals surface area contributed by atoms with E-state index in [9.17, 15) is 9.59 Å². The molecule has 2 aliphatic heterocycles. The van der Waals surface area contributed by atoms with Crippen molar-refractivity contribution >= 4 is 23.2 Å². The Kier molecular flexibility index (Phi) is 5.33. The molecule has 2 amide bonds. The van der Waals surface area contributed by atoms with Gasteiger partial charge in [0.1, 0.15) is 0 Å². The number of imide groups is 1. The molecule has 1 aromatic carbocycles. The number of hydrogen-bond donors (Lipinski definition) is 1. The van der Waals surface area contributed by atoms with E-state index in [1.54, 1.807) is 35.6 Å². The number of nitrogens with zero attached hydrogens (tertiary/aromatic N) is 3. The van der Waals surface area contributed by atoms with Gasteiger partial charge in [-0.1, -0.05) is 12.1 Å². The molecule has 1 N–H and O–H groups in total. The smallest absolute Gasteiger partial charge is 0.261 e. The second-order valence-electron chi connectivity index (χ2n) is 7.26. The van der Waals surface area contributed by atoms with Gasteiger partial charge in [-0.2, -0.15) is 0 Å². The Morgan fingerprint density at radius 3 is 2.59 bits per heavy atom. The number of carbonyl (C=O) groups is 2. The Morgan fingerprint density at radius 1 is 1.26 bits per heavy atom. The van der Waals surface area contributed by atoms with E-state index >= 15 is 0 Å². The molecule has 0 bridgehead atoms. The van der Waals surface area contributed by atoms with Crippen LogP contribution in [0, 0.1) is 12.8 Å². The number of aromatic nitrogens is 1. The van der Waals surface area contributed by atoms with E-state index in [1.165, 1.54) is 16.2 Å². The number of hydrogen-bond acceptors (Lipinski definition) is 6. The molecule has 1 atom stereocenters. The van der Waals surface area contributed by atoms with Gasteiger partial charge in [0.05, 0.1) is 22.3 Å². The van der Waals surface area contributed by atoms with Crippen LogP contribution in [0.1, 0.15) is 37.7 Å². The summed E-state index contributed by atoms with van der Waals surface area (Å²) in [5, 5.41) is 3.42. The van der Waals surface area contributed by atoms with Crippen molar-refractivity contribution in [3.05, 3.63) is 51.5 Å². The lowest BCUT2D eigenvalue weighted by Crippen LogP contribution is -2.40. The van der Waals surface area contributed by atoms with Gasteiger partial charge in [0, 0.05) is 31.1 Å². The summed E-state index contributed by atoms with van der Waals surface area (Å²) in [5.41, 5.74) is 3.99. The first-order valence-electron chi connectivity index (χ1n) is 9.40. The highest BCUT2D eigenvalue weighted by atomic mass is 32.1. The molecule has 6 nitrogen and oxygen atoms in total. The highest BCUT2D eigenvalue weighted by molar-refractivity contribution is 7.09. The van der Waals surface area contributed by atoms with Crippen LogP contribution in [0.2, 0.25) is 0 Å². The van der Waals surface area contributed by atoms with Gasteiger partial charge in [-0.3, -0.25) is 19.4 Å². The van der Waals surface area contributed by atoms with Gasteiger partial charge in [0.15, 0.2) is 0 Å². The van der Waals surface area contributed by atoms with E-state index in [0.717, 1.165) is 31.9 Å². The summed E-state index contributed by atoms with van der Waals surface area (Å²) in [6.07, 6.45) is 1.17. The van der Waals surface area contributed by atoms with E-state index in [-0.39, 0.29) is 11.8 Å². The number of amides is 2. The molecule has 1 fully saturated rings. The molecule has 2 aliphatic rings. The second-order valence-corrected chi connectivity index (χ2v) is 8.20. The van der Waals surface area contributed by atoms with Crippen LogP contribution in [0.15, 0.2) is 29.8 Å². The van der Waals surface area contributed by atoms with E-state index in [1.807, 2.05) is 12.4 Å². The van der Waals surface area contributed by atoms with Gasteiger partial charge in [-0.15, -0.1) is 11.3 Å². The molecule has 142 valence electrons. The van der Waals surface area contributed by atoms with Crippen molar-refractivity contribution in [1.82, 2.24) is 20.1 Å². The summed E-state index contributed by atoms with van der Waals surface area (Å²) in [5.74, 6) is 0.263.